The van der Waals surface area contributed by atoms with Gasteiger partial charge in [0.15, 0.2) is 5.82 Å². The lowest BCUT2D eigenvalue weighted by molar-refractivity contribution is 0.755. The molecular formula is C17H12BrN7S. The molecule has 3 aromatic heterocycles. The van der Waals surface area contributed by atoms with Gasteiger partial charge in [-0.3, -0.25) is 4.98 Å². The Bertz CT molecular complexity index is 1030. The smallest absolute Gasteiger partial charge is 0.220 e. The quantitative estimate of drug-likeness (QED) is 0.460. The van der Waals surface area contributed by atoms with Crippen molar-refractivity contribution in [2.24, 2.45) is 0 Å². The van der Waals surface area contributed by atoms with E-state index in [1.54, 1.807) is 17.1 Å². The largest absolute Gasteiger partial charge is 0.264 e. The van der Waals surface area contributed by atoms with Gasteiger partial charge in [0.1, 0.15) is 5.03 Å². The Morgan fingerprint density at radius 1 is 1.08 bits per heavy atom. The molecule has 0 bridgehead atoms. The molecule has 0 fully saturated rings. The van der Waals surface area contributed by atoms with Gasteiger partial charge >= 0.3 is 0 Å². The number of aromatic nitrogens is 7. The van der Waals surface area contributed by atoms with Crippen molar-refractivity contribution < 1.29 is 0 Å². The Labute approximate surface area is 162 Å². The standard InChI is InChI=1S/C17H12BrN7S/c1-11-9-15(21-16(20-11)12-3-2-8-19-10-12)26-17-22-23-24-25(17)14-6-4-13(18)5-7-14/h2-10H,1H3. The van der Waals surface area contributed by atoms with Crippen LogP contribution in [0.2, 0.25) is 0 Å². The third-order valence-electron chi connectivity index (χ3n) is 3.46. The molecule has 0 aliphatic heterocycles. The van der Waals surface area contributed by atoms with Gasteiger partial charge in [0, 0.05) is 28.1 Å². The van der Waals surface area contributed by atoms with E-state index in [2.05, 4.69) is 46.4 Å². The van der Waals surface area contributed by atoms with Gasteiger partial charge in [0.05, 0.1) is 5.69 Å². The van der Waals surface area contributed by atoms with E-state index in [1.165, 1.54) is 11.8 Å². The van der Waals surface area contributed by atoms with Crippen LogP contribution in [0.3, 0.4) is 0 Å². The highest BCUT2D eigenvalue weighted by atomic mass is 79.9. The first kappa shape index (κ1) is 16.8. The minimum atomic E-state index is 0.627. The number of pyridine rings is 1. The minimum absolute atomic E-state index is 0.627. The summed E-state index contributed by atoms with van der Waals surface area (Å²) in [6.45, 7) is 1.93. The Hall–Kier alpha value is -2.65. The average Bonchev–Trinajstić information content (AvgIpc) is 3.11. The molecule has 26 heavy (non-hydrogen) atoms. The molecule has 9 heteroatoms. The highest BCUT2D eigenvalue weighted by Gasteiger charge is 2.13. The molecule has 0 radical (unpaired) electrons. The zero-order chi connectivity index (χ0) is 17.9. The van der Waals surface area contributed by atoms with Crippen molar-refractivity contribution >= 4 is 27.7 Å². The number of rotatable bonds is 4. The Kier molecular flexibility index (Phi) is 4.72. The van der Waals surface area contributed by atoms with E-state index in [4.69, 9.17) is 0 Å². The maximum Gasteiger partial charge on any atom is 0.220 e. The third kappa shape index (κ3) is 3.63. The van der Waals surface area contributed by atoms with Crippen LogP contribution in [-0.2, 0) is 0 Å². The molecule has 4 aromatic rings. The summed E-state index contributed by atoms with van der Waals surface area (Å²) in [5.41, 5.74) is 2.61. The van der Waals surface area contributed by atoms with Crippen LogP contribution in [0.1, 0.15) is 5.69 Å². The lowest BCUT2D eigenvalue weighted by atomic mass is 10.2. The first-order valence-electron chi connectivity index (χ1n) is 7.67. The van der Waals surface area contributed by atoms with Crippen molar-refractivity contribution in [3.05, 3.63) is 65.0 Å². The number of hydrogen-bond donors (Lipinski definition) is 0. The molecule has 0 amide bonds. The fraction of sp³-hybridized carbons (Fsp3) is 0.0588. The second kappa shape index (κ2) is 7.30. The van der Waals surface area contributed by atoms with Gasteiger partial charge in [-0.25, -0.2) is 9.97 Å². The van der Waals surface area contributed by atoms with Crippen LogP contribution in [0.4, 0.5) is 0 Å². The molecule has 0 saturated heterocycles. The van der Waals surface area contributed by atoms with Gasteiger partial charge in [0.25, 0.3) is 0 Å². The molecule has 0 aliphatic carbocycles. The van der Waals surface area contributed by atoms with Crippen LogP contribution >= 0.6 is 27.7 Å². The topological polar surface area (TPSA) is 82.3 Å². The summed E-state index contributed by atoms with van der Waals surface area (Å²) in [6.07, 6.45) is 3.47. The number of tetrazole rings is 1. The first-order chi connectivity index (χ1) is 12.7. The number of aryl methyl sites for hydroxylation is 1. The molecule has 1 aromatic carbocycles. The highest BCUT2D eigenvalue weighted by molar-refractivity contribution is 9.10. The number of benzene rings is 1. The summed E-state index contributed by atoms with van der Waals surface area (Å²) in [4.78, 5) is 13.2. The summed E-state index contributed by atoms with van der Waals surface area (Å²) < 4.78 is 2.68. The second-order valence-corrected chi connectivity index (χ2v) is 7.27. The number of halogens is 1. The van der Waals surface area contributed by atoms with Crippen LogP contribution in [0.5, 0.6) is 0 Å². The fourth-order valence-corrected chi connectivity index (χ4v) is 3.42. The van der Waals surface area contributed by atoms with Crippen molar-refractivity contribution in [1.82, 2.24) is 35.2 Å². The minimum Gasteiger partial charge on any atom is -0.264 e. The van der Waals surface area contributed by atoms with E-state index in [1.807, 2.05) is 49.4 Å². The normalized spacial score (nSPS) is 10.8. The monoisotopic (exact) mass is 425 g/mol. The highest BCUT2D eigenvalue weighted by Crippen LogP contribution is 2.28. The van der Waals surface area contributed by atoms with E-state index in [0.717, 1.165) is 26.4 Å². The Morgan fingerprint density at radius 3 is 2.69 bits per heavy atom. The molecule has 0 atom stereocenters. The maximum atomic E-state index is 4.62. The van der Waals surface area contributed by atoms with Gasteiger partial charge in [-0.15, -0.1) is 5.10 Å². The predicted molar refractivity (Wildman–Crippen MR) is 101 cm³/mol. The van der Waals surface area contributed by atoms with E-state index in [-0.39, 0.29) is 0 Å². The fourth-order valence-electron chi connectivity index (χ4n) is 2.30. The SMILES string of the molecule is Cc1cc(Sc2nnnn2-c2ccc(Br)cc2)nc(-c2cccnc2)n1. The summed E-state index contributed by atoms with van der Waals surface area (Å²) in [7, 11) is 0. The van der Waals surface area contributed by atoms with Crippen molar-refractivity contribution in [2.45, 2.75) is 17.1 Å². The molecule has 0 aliphatic rings. The van der Waals surface area contributed by atoms with Crippen LogP contribution < -0.4 is 0 Å². The van der Waals surface area contributed by atoms with Gasteiger partial charge < -0.3 is 0 Å². The molecule has 0 N–H and O–H groups in total. The summed E-state index contributed by atoms with van der Waals surface area (Å²) in [5, 5.41) is 13.4. The van der Waals surface area contributed by atoms with Crippen LogP contribution in [-0.4, -0.2) is 35.2 Å². The van der Waals surface area contributed by atoms with Crippen molar-refractivity contribution in [3.63, 3.8) is 0 Å². The molecule has 3 heterocycles. The van der Waals surface area contributed by atoms with E-state index in [9.17, 15) is 0 Å². The van der Waals surface area contributed by atoms with Gasteiger partial charge in [-0.05, 0) is 71.6 Å². The lowest BCUT2D eigenvalue weighted by Crippen LogP contribution is -2.00. The summed E-state index contributed by atoms with van der Waals surface area (Å²) >= 11 is 4.82. The average molecular weight is 426 g/mol. The van der Waals surface area contributed by atoms with Crippen LogP contribution in [0, 0.1) is 6.92 Å². The first-order valence-corrected chi connectivity index (χ1v) is 9.28. The molecule has 0 unspecified atom stereocenters. The zero-order valence-corrected chi connectivity index (χ0v) is 16.0. The van der Waals surface area contributed by atoms with Crippen molar-refractivity contribution in [3.8, 4) is 17.1 Å². The van der Waals surface area contributed by atoms with Crippen molar-refractivity contribution in [1.29, 1.82) is 0 Å². The van der Waals surface area contributed by atoms with E-state index in [0.29, 0.717) is 11.0 Å². The Balaban J connectivity index is 1.68. The summed E-state index contributed by atoms with van der Waals surface area (Å²) in [5.74, 6) is 0.628. The second-order valence-electron chi connectivity index (χ2n) is 5.36. The van der Waals surface area contributed by atoms with Gasteiger partial charge in [0.2, 0.25) is 5.16 Å². The van der Waals surface area contributed by atoms with Crippen LogP contribution in [0.25, 0.3) is 17.1 Å². The predicted octanol–water partition coefficient (Wildman–Crippen LogP) is 3.74. The summed E-state index contributed by atoms with van der Waals surface area (Å²) in [6, 6.07) is 13.5. The lowest BCUT2D eigenvalue weighted by Gasteiger charge is -2.06. The molecule has 0 spiro atoms. The molecule has 7 nitrogen and oxygen atoms in total. The third-order valence-corrected chi connectivity index (χ3v) is 4.84. The Morgan fingerprint density at radius 2 is 1.92 bits per heavy atom. The number of hydrogen-bond acceptors (Lipinski definition) is 7. The van der Waals surface area contributed by atoms with Crippen molar-refractivity contribution in [2.75, 3.05) is 0 Å². The number of nitrogens with zero attached hydrogens (tertiary/aromatic N) is 7. The van der Waals surface area contributed by atoms with Crippen LogP contribution in [0.15, 0.2) is 69.5 Å². The molecule has 128 valence electrons. The van der Waals surface area contributed by atoms with Gasteiger partial charge in [-0.2, -0.15) is 4.68 Å². The van der Waals surface area contributed by atoms with E-state index < -0.39 is 0 Å². The maximum absolute atomic E-state index is 4.62. The van der Waals surface area contributed by atoms with Gasteiger partial charge in [-0.1, -0.05) is 15.9 Å². The zero-order valence-electron chi connectivity index (χ0n) is 13.6. The molecular weight excluding hydrogens is 414 g/mol. The molecule has 0 saturated carbocycles. The molecule has 4 rings (SSSR count). The van der Waals surface area contributed by atoms with E-state index >= 15 is 0 Å².